The normalized spacial score (nSPS) is 29.4. The number of aliphatic hydroxyl groups is 1. The Bertz CT molecular complexity index is 169. The van der Waals surface area contributed by atoms with Crippen LogP contribution >= 0.6 is 11.8 Å². The van der Waals surface area contributed by atoms with Gasteiger partial charge in [-0.05, 0) is 58.1 Å². The van der Waals surface area contributed by atoms with Gasteiger partial charge in [0.25, 0.3) is 0 Å². The minimum Gasteiger partial charge on any atom is -0.393 e. The van der Waals surface area contributed by atoms with Gasteiger partial charge in [-0.2, -0.15) is 11.8 Å². The molecule has 0 amide bonds. The Morgan fingerprint density at radius 3 is 2.47 bits per heavy atom. The summed E-state index contributed by atoms with van der Waals surface area (Å²) in [5, 5.41) is 9.47. The SMILES string of the molecule is CSCCC(C)N(C)C1CCC(O)CC1. The summed E-state index contributed by atoms with van der Waals surface area (Å²) < 4.78 is 0. The summed E-state index contributed by atoms with van der Waals surface area (Å²) in [4.78, 5) is 2.52. The molecular weight excluding hydrogens is 206 g/mol. The van der Waals surface area contributed by atoms with Crippen molar-refractivity contribution in [1.29, 1.82) is 0 Å². The van der Waals surface area contributed by atoms with Crippen molar-refractivity contribution in [3.63, 3.8) is 0 Å². The third-order valence-electron chi connectivity index (χ3n) is 3.68. The standard InChI is InChI=1S/C12H25NOS/c1-10(8-9-15-3)13(2)11-4-6-12(14)7-5-11/h10-12,14H,4-9H2,1-3H3. The zero-order chi connectivity index (χ0) is 11.3. The molecule has 0 aromatic rings. The van der Waals surface area contributed by atoms with Gasteiger partial charge < -0.3 is 10.0 Å². The zero-order valence-corrected chi connectivity index (χ0v) is 11.1. The number of nitrogens with zero attached hydrogens (tertiary/aromatic N) is 1. The molecule has 1 rings (SSSR count). The molecule has 1 aliphatic rings. The smallest absolute Gasteiger partial charge is 0.0541 e. The van der Waals surface area contributed by atoms with Crippen molar-refractivity contribution >= 4 is 11.8 Å². The Balaban J connectivity index is 2.29. The molecule has 1 atom stereocenters. The van der Waals surface area contributed by atoms with E-state index in [9.17, 15) is 5.11 Å². The third kappa shape index (κ3) is 4.33. The maximum Gasteiger partial charge on any atom is 0.0541 e. The van der Waals surface area contributed by atoms with Gasteiger partial charge in [-0.1, -0.05) is 0 Å². The molecule has 0 heterocycles. The lowest BCUT2D eigenvalue weighted by Gasteiger charge is -2.36. The second-order valence-electron chi connectivity index (χ2n) is 4.76. The minimum atomic E-state index is -0.0313. The van der Waals surface area contributed by atoms with Gasteiger partial charge in [-0.25, -0.2) is 0 Å². The average molecular weight is 231 g/mol. The van der Waals surface area contributed by atoms with Crippen molar-refractivity contribution in [2.75, 3.05) is 19.1 Å². The van der Waals surface area contributed by atoms with Crippen LogP contribution in [0.1, 0.15) is 39.0 Å². The molecule has 3 heteroatoms. The largest absolute Gasteiger partial charge is 0.393 e. The minimum absolute atomic E-state index is 0.0313. The highest BCUT2D eigenvalue weighted by Crippen LogP contribution is 2.24. The van der Waals surface area contributed by atoms with Gasteiger partial charge in [0.2, 0.25) is 0 Å². The molecule has 0 saturated heterocycles. The van der Waals surface area contributed by atoms with Crippen molar-refractivity contribution < 1.29 is 5.11 Å². The van der Waals surface area contributed by atoms with Crippen LogP contribution in [0.15, 0.2) is 0 Å². The van der Waals surface area contributed by atoms with Gasteiger partial charge in [0.15, 0.2) is 0 Å². The van der Waals surface area contributed by atoms with Crippen LogP contribution in [-0.2, 0) is 0 Å². The second kappa shape index (κ2) is 6.77. The Morgan fingerprint density at radius 2 is 1.93 bits per heavy atom. The van der Waals surface area contributed by atoms with E-state index in [1.54, 1.807) is 0 Å². The van der Waals surface area contributed by atoms with Crippen molar-refractivity contribution in [2.24, 2.45) is 0 Å². The van der Waals surface area contributed by atoms with Gasteiger partial charge in [0.05, 0.1) is 6.10 Å². The van der Waals surface area contributed by atoms with Crippen molar-refractivity contribution in [1.82, 2.24) is 4.90 Å². The van der Waals surface area contributed by atoms with Gasteiger partial charge >= 0.3 is 0 Å². The summed E-state index contributed by atoms with van der Waals surface area (Å²) in [5.74, 6) is 1.25. The Morgan fingerprint density at radius 1 is 1.33 bits per heavy atom. The third-order valence-corrected chi connectivity index (χ3v) is 4.32. The van der Waals surface area contributed by atoms with Crippen molar-refractivity contribution in [2.45, 2.75) is 57.2 Å². The maximum atomic E-state index is 9.47. The maximum absolute atomic E-state index is 9.47. The summed E-state index contributed by atoms with van der Waals surface area (Å²) in [5.41, 5.74) is 0. The van der Waals surface area contributed by atoms with Crippen molar-refractivity contribution in [3.05, 3.63) is 0 Å². The highest BCUT2D eigenvalue weighted by molar-refractivity contribution is 7.98. The first-order valence-corrected chi connectivity index (χ1v) is 7.43. The predicted molar refractivity (Wildman–Crippen MR) is 68.5 cm³/mol. The number of hydrogen-bond donors (Lipinski definition) is 1. The van der Waals surface area contributed by atoms with Crippen LogP contribution in [0.2, 0.25) is 0 Å². The van der Waals surface area contributed by atoms with Crippen LogP contribution in [0.4, 0.5) is 0 Å². The summed E-state index contributed by atoms with van der Waals surface area (Å²) in [7, 11) is 2.24. The predicted octanol–water partition coefficient (Wildman–Crippen LogP) is 2.36. The van der Waals surface area contributed by atoms with E-state index in [1.807, 2.05) is 11.8 Å². The first-order chi connectivity index (χ1) is 7.15. The summed E-state index contributed by atoms with van der Waals surface area (Å²) in [6.45, 7) is 2.32. The first-order valence-electron chi connectivity index (χ1n) is 6.04. The monoisotopic (exact) mass is 231 g/mol. The van der Waals surface area contributed by atoms with Gasteiger partial charge in [-0.3, -0.25) is 0 Å². The topological polar surface area (TPSA) is 23.5 Å². The first kappa shape index (κ1) is 13.3. The van der Waals surface area contributed by atoms with E-state index in [0.29, 0.717) is 12.1 Å². The Labute approximate surface area is 98.4 Å². The van der Waals surface area contributed by atoms with E-state index in [2.05, 4.69) is 25.1 Å². The van der Waals surface area contributed by atoms with E-state index >= 15 is 0 Å². The molecule has 0 aliphatic heterocycles. The molecule has 1 aliphatic carbocycles. The fourth-order valence-electron chi connectivity index (χ4n) is 2.32. The molecule has 1 fully saturated rings. The quantitative estimate of drug-likeness (QED) is 0.786. The molecule has 0 radical (unpaired) electrons. The van der Waals surface area contributed by atoms with Crippen LogP contribution in [0.25, 0.3) is 0 Å². The van der Waals surface area contributed by atoms with Crippen molar-refractivity contribution in [3.8, 4) is 0 Å². The number of aliphatic hydroxyl groups excluding tert-OH is 1. The van der Waals surface area contributed by atoms with Crippen LogP contribution in [0, 0.1) is 0 Å². The lowest BCUT2D eigenvalue weighted by Crippen LogP contribution is -2.41. The number of thioether (sulfide) groups is 1. The summed E-state index contributed by atoms with van der Waals surface area (Å²) in [6.07, 6.45) is 7.73. The van der Waals surface area contributed by atoms with Crippen LogP contribution in [0.3, 0.4) is 0 Å². The zero-order valence-electron chi connectivity index (χ0n) is 10.3. The highest BCUT2D eigenvalue weighted by atomic mass is 32.2. The molecule has 1 N–H and O–H groups in total. The molecule has 0 bridgehead atoms. The Hall–Kier alpha value is 0.270. The second-order valence-corrected chi connectivity index (χ2v) is 5.74. The van der Waals surface area contributed by atoms with Gasteiger partial charge in [0.1, 0.15) is 0 Å². The lowest BCUT2D eigenvalue weighted by atomic mass is 9.91. The van der Waals surface area contributed by atoms with Gasteiger partial charge in [0, 0.05) is 12.1 Å². The van der Waals surface area contributed by atoms with E-state index in [0.717, 1.165) is 12.8 Å². The molecule has 2 nitrogen and oxygen atoms in total. The fourth-order valence-corrected chi connectivity index (χ4v) is 2.89. The lowest BCUT2D eigenvalue weighted by molar-refractivity contribution is 0.0695. The molecular formula is C12H25NOS. The molecule has 0 aromatic carbocycles. The molecule has 1 saturated carbocycles. The van der Waals surface area contributed by atoms with E-state index in [-0.39, 0.29) is 6.10 Å². The molecule has 0 spiro atoms. The molecule has 1 unspecified atom stereocenters. The van der Waals surface area contributed by atoms with E-state index in [1.165, 1.54) is 25.0 Å². The molecule has 90 valence electrons. The van der Waals surface area contributed by atoms with Gasteiger partial charge in [-0.15, -0.1) is 0 Å². The Kier molecular flexibility index (Phi) is 6.02. The van der Waals surface area contributed by atoms with Crippen LogP contribution in [0.5, 0.6) is 0 Å². The van der Waals surface area contributed by atoms with E-state index < -0.39 is 0 Å². The highest BCUT2D eigenvalue weighted by Gasteiger charge is 2.24. The molecule has 15 heavy (non-hydrogen) atoms. The van der Waals surface area contributed by atoms with Crippen LogP contribution < -0.4 is 0 Å². The van der Waals surface area contributed by atoms with Crippen LogP contribution in [-0.4, -0.2) is 47.3 Å². The fraction of sp³-hybridized carbons (Fsp3) is 1.00. The average Bonchev–Trinajstić information content (AvgIpc) is 2.26. The summed E-state index contributed by atoms with van der Waals surface area (Å²) >= 11 is 1.93. The molecule has 0 aromatic heterocycles. The number of rotatable bonds is 5. The van der Waals surface area contributed by atoms with E-state index in [4.69, 9.17) is 0 Å². The number of hydrogen-bond acceptors (Lipinski definition) is 3. The summed E-state index contributed by atoms with van der Waals surface area (Å²) in [6, 6.07) is 1.38.